The standard InChI is InChI=1S/C23H22N6O3/c1-14(30)27-8-10-28(11-9-27)22(32)15-6-7-18-19(12-15)26-23(25-18)29-20-5-3-2-4-16(20)17(24)13-21(29)31/h2-7,12-13H,8-11,24H2,1H3,(H,25,26). The van der Waals surface area contributed by atoms with E-state index in [9.17, 15) is 14.4 Å². The Labute approximate surface area is 183 Å². The van der Waals surface area contributed by atoms with Crippen LogP contribution in [0.1, 0.15) is 17.3 Å². The number of nitrogen functional groups attached to an aromatic ring is 1. The number of pyridine rings is 1. The third kappa shape index (κ3) is 3.27. The molecule has 1 aliphatic heterocycles. The molecule has 3 heterocycles. The first-order valence-corrected chi connectivity index (χ1v) is 10.4. The van der Waals surface area contributed by atoms with Crippen molar-refractivity contribution in [3.8, 4) is 5.95 Å². The molecule has 2 aromatic heterocycles. The lowest BCUT2D eigenvalue weighted by Crippen LogP contribution is -2.50. The molecule has 0 atom stereocenters. The molecule has 9 nitrogen and oxygen atoms in total. The van der Waals surface area contributed by atoms with Crippen LogP contribution in [0.4, 0.5) is 5.69 Å². The molecule has 5 rings (SSSR count). The number of rotatable bonds is 2. The summed E-state index contributed by atoms with van der Waals surface area (Å²) < 4.78 is 1.48. The first-order valence-electron chi connectivity index (χ1n) is 10.4. The Morgan fingerprint density at radius 1 is 1.00 bits per heavy atom. The summed E-state index contributed by atoms with van der Waals surface area (Å²) in [6, 6.07) is 14.0. The molecule has 0 radical (unpaired) electrons. The number of anilines is 1. The fourth-order valence-corrected chi connectivity index (χ4v) is 4.17. The van der Waals surface area contributed by atoms with Gasteiger partial charge in [0, 0.05) is 55.8 Å². The number of hydrogen-bond donors (Lipinski definition) is 2. The highest BCUT2D eigenvalue weighted by molar-refractivity contribution is 5.98. The molecular weight excluding hydrogens is 408 g/mol. The lowest BCUT2D eigenvalue weighted by atomic mass is 10.1. The summed E-state index contributed by atoms with van der Waals surface area (Å²) in [5, 5.41) is 0.758. The molecule has 1 aliphatic rings. The summed E-state index contributed by atoms with van der Waals surface area (Å²) in [6.07, 6.45) is 0. The monoisotopic (exact) mass is 430 g/mol. The van der Waals surface area contributed by atoms with E-state index in [1.165, 1.54) is 17.6 Å². The number of nitrogens with two attached hydrogens (primary N) is 1. The summed E-state index contributed by atoms with van der Waals surface area (Å²) in [5.41, 5.74) is 8.62. The van der Waals surface area contributed by atoms with Gasteiger partial charge >= 0.3 is 0 Å². The van der Waals surface area contributed by atoms with Crippen LogP contribution < -0.4 is 11.3 Å². The van der Waals surface area contributed by atoms with Gasteiger partial charge in [0.05, 0.1) is 16.6 Å². The van der Waals surface area contributed by atoms with Gasteiger partial charge in [-0.3, -0.25) is 14.4 Å². The second-order valence-electron chi connectivity index (χ2n) is 7.88. The lowest BCUT2D eigenvalue weighted by Gasteiger charge is -2.34. The zero-order chi connectivity index (χ0) is 22.4. The Bertz CT molecular complexity index is 1430. The summed E-state index contributed by atoms with van der Waals surface area (Å²) >= 11 is 0. The van der Waals surface area contributed by atoms with Crippen molar-refractivity contribution in [3.63, 3.8) is 0 Å². The quantitative estimate of drug-likeness (QED) is 0.502. The predicted octanol–water partition coefficient (Wildman–Crippen LogP) is 1.75. The van der Waals surface area contributed by atoms with E-state index < -0.39 is 0 Å². The average Bonchev–Trinajstić information content (AvgIpc) is 3.21. The fraction of sp³-hybridized carbons (Fsp3) is 0.217. The third-order valence-corrected chi connectivity index (χ3v) is 5.90. The van der Waals surface area contributed by atoms with Crippen LogP contribution in [-0.2, 0) is 4.79 Å². The van der Waals surface area contributed by atoms with E-state index in [1.807, 2.05) is 24.3 Å². The topological polar surface area (TPSA) is 117 Å². The molecular formula is C23H22N6O3. The van der Waals surface area contributed by atoms with Crippen LogP contribution >= 0.6 is 0 Å². The maximum atomic E-state index is 13.0. The van der Waals surface area contributed by atoms with Crippen LogP contribution in [0.25, 0.3) is 27.9 Å². The number of fused-ring (bicyclic) bond motifs is 2. The highest BCUT2D eigenvalue weighted by Crippen LogP contribution is 2.22. The van der Waals surface area contributed by atoms with Gasteiger partial charge in [-0.25, -0.2) is 9.55 Å². The Kier molecular flexibility index (Phi) is 4.66. The normalized spacial score (nSPS) is 14.3. The molecule has 0 unspecified atom stereocenters. The van der Waals surface area contributed by atoms with E-state index in [-0.39, 0.29) is 17.4 Å². The number of imidazole rings is 1. The zero-order valence-corrected chi connectivity index (χ0v) is 17.5. The van der Waals surface area contributed by atoms with Crippen molar-refractivity contribution in [1.29, 1.82) is 0 Å². The van der Waals surface area contributed by atoms with Gasteiger partial charge in [0.2, 0.25) is 11.9 Å². The largest absolute Gasteiger partial charge is 0.398 e. The number of carbonyl (C=O) groups is 2. The van der Waals surface area contributed by atoms with Crippen LogP contribution in [0, 0.1) is 0 Å². The molecule has 162 valence electrons. The molecule has 0 spiro atoms. The highest BCUT2D eigenvalue weighted by atomic mass is 16.2. The van der Waals surface area contributed by atoms with Crippen molar-refractivity contribution >= 4 is 39.4 Å². The first-order chi connectivity index (χ1) is 15.4. The average molecular weight is 430 g/mol. The van der Waals surface area contributed by atoms with Crippen molar-refractivity contribution in [3.05, 3.63) is 64.4 Å². The summed E-state index contributed by atoms with van der Waals surface area (Å²) in [6.45, 7) is 3.60. The SMILES string of the molecule is CC(=O)N1CCN(C(=O)c2ccc3nc(-n4c(=O)cc(N)c5ccccc54)[nH]c3c2)CC1. The van der Waals surface area contributed by atoms with Gasteiger partial charge in [-0.2, -0.15) is 0 Å². The van der Waals surface area contributed by atoms with Gasteiger partial charge in [-0.1, -0.05) is 18.2 Å². The maximum absolute atomic E-state index is 13.0. The van der Waals surface area contributed by atoms with E-state index in [1.54, 1.807) is 28.0 Å². The number of aromatic nitrogens is 3. The van der Waals surface area contributed by atoms with Crippen molar-refractivity contribution in [2.45, 2.75) is 6.92 Å². The lowest BCUT2D eigenvalue weighted by molar-refractivity contribution is -0.130. The smallest absolute Gasteiger partial charge is 0.260 e. The Morgan fingerprint density at radius 3 is 2.47 bits per heavy atom. The van der Waals surface area contributed by atoms with E-state index in [0.717, 1.165) is 5.39 Å². The van der Waals surface area contributed by atoms with Crippen LogP contribution in [0.15, 0.2) is 53.3 Å². The van der Waals surface area contributed by atoms with Gasteiger partial charge in [-0.05, 0) is 24.3 Å². The number of amides is 2. The number of piperazine rings is 1. The summed E-state index contributed by atoms with van der Waals surface area (Å²) in [7, 11) is 0. The van der Waals surface area contributed by atoms with Crippen molar-refractivity contribution in [1.82, 2.24) is 24.3 Å². The van der Waals surface area contributed by atoms with E-state index in [4.69, 9.17) is 5.73 Å². The summed E-state index contributed by atoms with van der Waals surface area (Å²) in [5.74, 6) is 0.288. The molecule has 2 amide bonds. The molecule has 4 aromatic rings. The second-order valence-corrected chi connectivity index (χ2v) is 7.88. The molecule has 1 fully saturated rings. The van der Waals surface area contributed by atoms with E-state index >= 15 is 0 Å². The van der Waals surface area contributed by atoms with Gasteiger partial charge in [-0.15, -0.1) is 0 Å². The third-order valence-electron chi connectivity index (χ3n) is 5.90. The number of carbonyl (C=O) groups excluding carboxylic acids is 2. The molecule has 0 aliphatic carbocycles. The fourth-order valence-electron chi connectivity index (χ4n) is 4.17. The number of nitrogens with one attached hydrogen (secondary N) is 1. The molecule has 1 saturated heterocycles. The van der Waals surface area contributed by atoms with Gasteiger partial charge < -0.3 is 20.5 Å². The minimum absolute atomic E-state index is 0.0222. The van der Waals surface area contributed by atoms with Crippen molar-refractivity contribution in [2.24, 2.45) is 0 Å². The number of H-pyrrole nitrogens is 1. The molecule has 9 heteroatoms. The van der Waals surface area contributed by atoms with Gasteiger partial charge in [0.25, 0.3) is 11.5 Å². The maximum Gasteiger partial charge on any atom is 0.260 e. The van der Waals surface area contributed by atoms with Gasteiger partial charge in [0.1, 0.15) is 0 Å². The molecule has 0 saturated carbocycles. The van der Waals surface area contributed by atoms with Crippen molar-refractivity contribution < 1.29 is 9.59 Å². The minimum atomic E-state index is -0.292. The molecule has 3 N–H and O–H groups in total. The van der Waals surface area contributed by atoms with Gasteiger partial charge in [0.15, 0.2) is 0 Å². The van der Waals surface area contributed by atoms with Crippen LogP contribution in [-0.4, -0.2) is 62.3 Å². The second kappa shape index (κ2) is 7.52. The first kappa shape index (κ1) is 19.8. The van der Waals surface area contributed by atoms with Crippen LogP contribution in [0.2, 0.25) is 0 Å². The number of nitrogens with zero attached hydrogens (tertiary/aromatic N) is 4. The van der Waals surface area contributed by atoms with Crippen LogP contribution in [0.5, 0.6) is 0 Å². The Hall–Kier alpha value is -4.14. The van der Waals surface area contributed by atoms with E-state index in [0.29, 0.717) is 59.9 Å². The number of para-hydroxylation sites is 1. The Balaban J connectivity index is 1.50. The zero-order valence-electron chi connectivity index (χ0n) is 17.5. The number of benzene rings is 2. The Morgan fingerprint density at radius 2 is 1.72 bits per heavy atom. The summed E-state index contributed by atoms with van der Waals surface area (Å²) in [4.78, 5) is 48.4. The minimum Gasteiger partial charge on any atom is -0.398 e. The van der Waals surface area contributed by atoms with E-state index in [2.05, 4.69) is 9.97 Å². The molecule has 32 heavy (non-hydrogen) atoms. The van der Waals surface area contributed by atoms with Crippen molar-refractivity contribution in [2.75, 3.05) is 31.9 Å². The number of hydrogen-bond acceptors (Lipinski definition) is 5. The molecule has 0 bridgehead atoms. The highest BCUT2D eigenvalue weighted by Gasteiger charge is 2.23. The molecule has 2 aromatic carbocycles. The van der Waals surface area contributed by atoms with Crippen LogP contribution in [0.3, 0.4) is 0 Å². The predicted molar refractivity (Wildman–Crippen MR) is 122 cm³/mol. The number of aromatic amines is 1.